The van der Waals surface area contributed by atoms with Gasteiger partial charge in [-0.1, -0.05) is 12.8 Å². The van der Waals surface area contributed by atoms with Crippen molar-refractivity contribution in [1.82, 2.24) is 4.90 Å². The fourth-order valence-corrected chi connectivity index (χ4v) is 4.16. The lowest BCUT2D eigenvalue weighted by Crippen LogP contribution is -2.49. The fourth-order valence-electron chi connectivity index (χ4n) is 4.16. The van der Waals surface area contributed by atoms with Crippen LogP contribution in [0.15, 0.2) is 0 Å². The van der Waals surface area contributed by atoms with Crippen molar-refractivity contribution in [2.45, 2.75) is 44.9 Å². The van der Waals surface area contributed by atoms with Gasteiger partial charge in [-0.05, 0) is 43.9 Å². The van der Waals surface area contributed by atoms with Crippen molar-refractivity contribution in [2.24, 2.45) is 23.7 Å². The van der Waals surface area contributed by atoms with Gasteiger partial charge in [0.1, 0.15) is 0 Å². The molecule has 4 atom stereocenters. The van der Waals surface area contributed by atoms with Gasteiger partial charge in [-0.15, -0.1) is 0 Å². The van der Waals surface area contributed by atoms with Crippen LogP contribution in [0.1, 0.15) is 44.9 Å². The largest absolute Gasteiger partial charge is 0.396 e. The molecule has 1 aliphatic heterocycles. The summed E-state index contributed by atoms with van der Waals surface area (Å²) in [5.41, 5.74) is 0. The molecule has 3 rings (SSSR count). The van der Waals surface area contributed by atoms with Crippen LogP contribution in [0.2, 0.25) is 0 Å². The van der Waals surface area contributed by atoms with E-state index >= 15 is 0 Å². The Kier molecular flexibility index (Phi) is 3.61. The van der Waals surface area contributed by atoms with E-state index in [4.69, 9.17) is 0 Å². The molecule has 19 heavy (non-hydrogen) atoms. The summed E-state index contributed by atoms with van der Waals surface area (Å²) in [5, 5.41) is 9.45. The Labute approximate surface area is 114 Å². The predicted molar refractivity (Wildman–Crippen MR) is 70.1 cm³/mol. The van der Waals surface area contributed by atoms with Crippen LogP contribution in [0.25, 0.3) is 0 Å². The van der Waals surface area contributed by atoms with E-state index in [1.54, 1.807) is 0 Å². The standard InChI is InChI=1S/C15H23NO3/c17-9-13-4-2-1-3-12(13)8-16-14(18)10-5-6-11(7-10)15(16)19/h10-13,17H,1-9H2. The number of imide groups is 1. The Hall–Kier alpha value is -0.900. The van der Waals surface area contributed by atoms with E-state index in [9.17, 15) is 14.7 Å². The maximum Gasteiger partial charge on any atom is 0.232 e. The molecule has 0 spiro atoms. The summed E-state index contributed by atoms with van der Waals surface area (Å²) in [7, 11) is 0. The lowest BCUT2D eigenvalue weighted by atomic mass is 9.79. The van der Waals surface area contributed by atoms with Gasteiger partial charge in [0.2, 0.25) is 11.8 Å². The lowest BCUT2D eigenvalue weighted by molar-refractivity contribution is -0.154. The molecule has 0 aromatic rings. The minimum atomic E-state index is 0.0565. The first kappa shape index (κ1) is 13.1. The number of aliphatic hydroxyl groups is 1. The number of amides is 2. The molecule has 4 nitrogen and oxygen atoms in total. The number of rotatable bonds is 3. The molecule has 4 heteroatoms. The molecule has 2 aliphatic carbocycles. The van der Waals surface area contributed by atoms with E-state index in [2.05, 4.69) is 0 Å². The van der Waals surface area contributed by atoms with Crippen LogP contribution in [-0.2, 0) is 9.59 Å². The Morgan fingerprint density at radius 2 is 1.53 bits per heavy atom. The molecule has 0 aromatic carbocycles. The number of nitrogens with zero attached hydrogens (tertiary/aromatic N) is 1. The van der Waals surface area contributed by atoms with Crippen molar-refractivity contribution in [3.8, 4) is 0 Å². The summed E-state index contributed by atoms with van der Waals surface area (Å²) >= 11 is 0. The zero-order valence-corrected chi connectivity index (χ0v) is 11.4. The molecule has 2 bridgehead atoms. The molecule has 3 aliphatic rings. The van der Waals surface area contributed by atoms with Crippen LogP contribution in [0.4, 0.5) is 0 Å². The Morgan fingerprint density at radius 3 is 2.11 bits per heavy atom. The zero-order valence-electron chi connectivity index (χ0n) is 11.4. The molecular formula is C15H23NO3. The Balaban J connectivity index is 1.71. The number of hydrogen-bond acceptors (Lipinski definition) is 3. The number of carbonyl (C=O) groups excluding carboxylic acids is 2. The average molecular weight is 265 g/mol. The third-order valence-electron chi connectivity index (χ3n) is 5.38. The molecule has 1 N–H and O–H groups in total. The van der Waals surface area contributed by atoms with Crippen molar-refractivity contribution in [3.63, 3.8) is 0 Å². The molecule has 1 saturated heterocycles. The lowest BCUT2D eigenvalue weighted by Gasteiger charge is -2.37. The van der Waals surface area contributed by atoms with Crippen molar-refractivity contribution in [1.29, 1.82) is 0 Å². The molecular weight excluding hydrogens is 242 g/mol. The molecule has 1 heterocycles. The van der Waals surface area contributed by atoms with Crippen LogP contribution in [0.5, 0.6) is 0 Å². The monoisotopic (exact) mass is 265 g/mol. The number of aliphatic hydroxyl groups excluding tert-OH is 1. The molecule has 3 fully saturated rings. The van der Waals surface area contributed by atoms with Crippen LogP contribution in [-0.4, -0.2) is 35.0 Å². The van der Waals surface area contributed by atoms with Crippen LogP contribution >= 0.6 is 0 Å². The second-order valence-electron chi connectivity index (χ2n) is 6.48. The normalized spacial score (nSPS) is 38.9. The molecule has 0 radical (unpaired) electrons. The fraction of sp³-hybridized carbons (Fsp3) is 0.867. The highest BCUT2D eigenvalue weighted by Crippen LogP contribution is 2.39. The minimum Gasteiger partial charge on any atom is -0.396 e. The second-order valence-corrected chi connectivity index (χ2v) is 6.48. The maximum atomic E-state index is 12.3. The first-order valence-electron chi connectivity index (χ1n) is 7.66. The van der Waals surface area contributed by atoms with Crippen molar-refractivity contribution in [2.75, 3.05) is 13.2 Å². The molecule has 2 amide bonds. The third kappa shape index (κ3) is 2.31. The van der Waals surface area contributed by atoms with Gasteiger partial charge in [-0.2, -0.15) is 0 Å². The Morgan fingerprint density at radius 1 is 0.947 bits per heavy atom. The predicted octanol–water partition coefficient (Wildman–Crippen LogP) is 1.57. The summed E-state index contributed by atoms with van der Waals surface area (Å²) in [6.07, 6.45) is 6.95. The summed E-state index contributed by atoms with van der Waals surface area (Å²) in [6, 6.07) is 0. The Bertz CT molecular complexity index is 360. The summed E-state index contributed by atoms with van der Waals surface area (Å²) in [6.45, 7) is 0.740. The second kappa shape index (κ2) is 5.23. The number of piperidine rings is 1. The maximum absolute atomic E-state index is 12.3. The summed E-state index contributed by atoms with van der Waals surface area (Å²) in [5.74, 6) is 0.887. The minimum absolute atomic E-state index is 0.0565. The molecule has 0 aromatic heterocycles. The SMILES string of the molecule is O=C1C2CCC(C2)C(=O)N1CC1CCCCC1CO. The van der Waals surface area contributed by atoms with Crippen molar-refractivity contribution in [3.05, 3.63) is 0 Å². The third-order valence-corrected chi connectivity index (χ3v) is 5.38. The molecule has 2 saturated carbocycles. The number of carbonyl (C=O) groups is 2. The van der Waals surface area contributed by atoms with E-state index in [0.29, 0.717) is 12.5 Å². The smallest absolute Gasteiger partial charge is 0.232 e. The van der Waals surface area contributed by atoms with Gasteiger partial charge in [-0.25, -0.2) is 0 Å². The highest BCUT2D eigenvalue weighted by molar-refractivity contribution is 6.00. The summed E-state index contributed by atoms with van der Waals surface area (Å²) in [4.78, 5) is 26.1. The zero-order chi connectivity index (χ0) is 13.4. The van der Waals surface area contributed by atoms with E-state index in [1.165, 1.54) is 4.90 Å². The molecule has 106 valence electrons. The van der Waals surface area contributed by atoms with Crippen LogP contribution < -0.4 is 0 Å². The quantitative estimate of drug-likeness (QED) is 0.788. The highest BCUT2D eigenvalue weighted by Gasteiger charge is 2.46. The number of fused-ring (bicyclic) bond motifs is 2. The van der Waals surface area contributed by atoms with Gasteiger partial charge in [0.25, 0.3) is 0 Å². The van der Waals surface area contributed by atoms with E-state index < -0.39 is 0 Å². The van der Waals surface area contributed by atoms with Gasteiger partial charge in [0.05, 0.1) is 0 Å². The van der Waals surface area contributed by atoms with Crippen LogP contribution in [0.3, 0.4) is 0 Å². The first-order valence-corrected chi connectivity index (χ1v) is 7.66. The number of likely N-dealkylation sites (tertiary alicyclic amines) is 1. The average Bonchev–Trinajstić information content (AvgIpc) is 2.89. The van der Waals surface area contributed by atoms with Gasteiger partial charge < -0.3 is 5.11 Å². The van der Waals surface area contributed by atoms with E-state index in [1.807, 2.05) is 0 Å². The van der Waals surface area contributed by atoms with Crippen molar-refractivity contribution < 1.29 is 14.7 Å². The van der Waals surface area contributed by atoms with Gasteiger partial charge >= 0.3 is 0 Å². The van der Waals surface area contributed by atoms with E-state index in [0.717, 1.165) is 44.9 Å². The topological polar surface area (TPSA) is 57.6 Å². The van der Waals surface area contributed by atoms with E-state index in [-0.39, 0.29) is 36.2 Å². The first-order chi connectivity index (χ1) is 9.20. The summed E-state index contributed by atoms with van der Waals surface area (Å²) < 4.78 is 0. The van der Waals surface area contributed by atoms with Gasteiger partial charge in [0, 0.05) is 25.0 Å². The molecule has 4 unspecified atom stereocenters. The number of hydrogen-bond donors (Lipinski definition) is 1. The van der Waals surface area contributed by atoms with Gasteiger partial charge in [0.15, 0.2) is 0 Å². The highest BCUT2D eigenvalue weighted by atomic mass is 16.3. The van der Waals surface area contributed by atoms with Gasteiger partial charge in [-0.3, -0.25) is 14.5 Å². The van der Waals surface area contributed by atoms with Crippen molar-refractivity contribution >= 4 is 11.8 Å². The van der Waals surface area contributed by atoms with Crippen LogP contribution in [0, 0.1) is 23.7 Å².